The fourth-order valence-corrected chi connectivity index (χ4v) is 1.09. The molecular formula is C11H14N2O4. The Morgan fingerprint density at radius 3 is 2.35 bits per heavy atom. The Kier molecular flexibility index (Phi) is 4.96. The van der Waals surface area contributed by atoms with Crippen molar-refractivity contribution in [1.29, 1.82) is 0 Å². The number of aromatic hydroxyl groups is 1. The van der Waals surface area contributed by atoms with Crippen LogP contribution in [0.2, 0.25) is 0 Å². The highest BCUT2D eigenvalue weighted by Crippen LogP contribution is 2.13. The number of carbonyl (C=O) groups is 2. The minimum absolute atomic E-state index is 0.0418. The van der Waals surface area contributed by atoms with Crippen LogP contribution in [0.25, 0.3) is 0 Å². The van der Waals surface area contributed by atoms with Crippen LogP contribution < -0.4 is 10.6 Å². The van der Waals surface area contributed by atoms with E-state index in [0.29, 0.717) is 12.1 Å². The average molecular weight is 238 g/mol. The van der Waals surface area contributed by atoms with Crippen LogP contribution in [-0.4, -0.2) is 35.2 Å². The molecule has 0 saturated heterocycles. The van der Waals surface area contributed by atoms with E-state index in [1.807, 2.05) is 0 Å². The summed E-state index contributed by atoms with van der Waals surface area (Å²) in [7, 11) is 0. The van der Waals surface area contributed by atoms with Crippen molar-refractivity contribution in [3.05, 3.63) is 24.3 Å². The summed E-state index contributed by atoms with van der Waals surface area (Å²) in [6.07, 6.45) is 0.401. The largest absolute Gasteiger partial charge is 0.508 e. The smallest absolute Gasteiger partial charge is 0.313 e. The van der Waals surface area contributed by atoms with Gasteiger partial charge in [-0.05, 0) is 30.7 Å². The number of benzene rings is 1. The number of phenolic OH excluding ortho intramolecular Hbond substituents is 1. The van der Waals surface area contributed by atoms with E-state index in [1.54, 1.807) is 0 Å². The van der Waals surface area contributed by atoms with Crippen molar-refractivity contribution in [3.8, 4) is 5.75 Å². The quantitative estimate of drug-likeness (QED) is 0.332. The van der Waals surface area contributed by atoms with Crippen molar-refractivity contribution in [3.63, 3.8) is 0 Å². The first-order valence-electron chi connectivity index (χ1n) is 5.12. The van der Waals surface area contributed by atoms with Gasteiger partial charge in [-0.1, -0.05) is 0 Å². The highest BCUT2D eigenvalue weighted by molar-refractivity contribution is 6.39. The second-order valence-corrected chi connectivity index (χ2v) is 3.33. The lowest BCUT2D eigenvalue weighted by atomic mass is 10.3. The Labute approximate surface area is 98.3 Å². The molecule has 17 heavy (non-hydrogen) atoms. The van der Waals surface area contributed by atoms with E-state index in [4.69, 9.17) is 10.2 Å². The van der Waals surface area contributed by atoms with Crippen molar-refractivity contribution < 1.29 is 19.8 Å². The molecule has 6 heteroatoms. The Morgan fingerprint density at radius 2 is 1.76 bits per heavy atom. The number of anilines is 1. The second-order valence-electron chi connectivity index (χ2n) is 3.33. The molecule has 1 aromatic rings. The molecule has 0 aliphatic heterocycles. The van der Waals surface area contributed by atoms with E-state index in [-0.39, 0.29) is 18.9 Å². The van der Waals surface area contributed by atoms with E-state index < -0.39 is 11.8 Å². The number of aliphatic hydroxyl groups excluding tert-OH is 1. The third-order valence-electron chi connectivity index (χ3n) is 1.95. The summed E-state index contributed by atoms with van der Waals surface area (Å²) in [5, 5.41) is 22.3. The van der Waals surface area contributed by atoms with Gasteiger partial charge >= 0.3 is 11.8 Å². The molecule has 6 nitrogen and oxygen atoms in total. The molecule has 0 aliphatic rings. The molecule has 2 amide bonds. The Hall–Kier alpha value is -2.08. The predicted molar refractivity (Wildman–Crippen MR) is 61.4 cm³/mol. The average Bonchev–Trinajstić information content (AvgIpc) is 2.32. The molecule has 0 saturated carbocycles. The zero-order valence-electron chi connectivity index (χ0n) is 9.14. The summed E-state index contributed by atoms with van der Waals surface area (Å²) in [5.74, 6) is -1.46. The third kappa shape index (κ3) is 4.52. The number of carbonyl (C=O) groups excluding carboxylic acids is 2. The number of hydrogen-bond acceptors (Lipinski definition) is 4. The maximum atomic E-state index is 11.3. The van der Waals surface area contributed by atoms with E-state index in [9.17, 15) is 9.59 Å². The highest BCUT2D eigenvalue weighted by atomic mass is 16.3. The number of amides is 2. The number of aliphatic hydroxyl groups is 1. The second kappa shape index (κ2) is 6.49. The van der Waals surface area contributed by atoms with Gasteiger partial charge in [0.15, 0.2) is 0 Å². The number of nitrogens with one attached hydrogen (secondary N) is 2. The van der Waals surface area contributed by atoms with Gasteiger partial charge in [0, 0.05) is 18.8 Å². The standard InChI is InChI=1S/C11H14N2O4/c14-7-1-6-12-10(16)11(17)13-8-2-4-9(15)5-3-8/h2-5,14-15H,1,6-7H2,(H,12,16)(H,13,17). The van der Waals surface area contributed by atoms with E-state index >= 15 is 0 Å². The van der Waals surface area contributed by atoms with Crippen molar-refractivity contribution in [1.82, 2.24) is 5.32 Å². The van der Waals surface area contributed by atoms with Gasteiger partial charge in [-0.3, -0.25) is 9.59 Å². The maximum absolute atomic E-state index is 11.3. The van der Waals surface area contributed by atoms with Crippen LogP contribution in [-0.2, 0) is 9.59 Å². The number of phenols is 1. The molecule has 0 unspecified atom stereocenters. The molecule has 0 radical (unpaired) electrons. The van der Waals surface area contributed by atoms with Crippen molar-refractivity contribution in [2.24, 2.45) is 0 Å². The van der Waals surface area contributed by atoms with Crippen LogP contribution in [0.3, 0.4) is 0 Å². The van der Waals surface area contributed by atoms with Crippen LogP contribution in [0.1, 0.15) is 6.42 Å². The van der Waals surface area contributed by atoms with Gasteiger partial charge in [0.05, 0.1) is 0 Å². The fourth-order valence-electron chi connectivity index (χ4n) is 1.09. The summed E-state index contributed by atoms with van der Waals surface area (Å²) in [4.78, 5) is 22.6. The van der Waals surface area contributed by atoms with Crippen LogP contribution in [0.5, 0.6) is 5.75 Å². The van der Waals surface area contributed by atoms with Gasteiger partial charge < -0.3 is 20.8 Å². The summed E-state index contributed by atoms with van der Waals surface area (Å²) >= 11 is 0. The summed E-state index contributed by atoms with van der Waals surface area (Å²) in [5.41, 5.74) is 0.421. The number of hydrogen-bond donors (Lipinski definition) is 4. The van der Waals surface area contributed by atoms with Gasteiger partial charge in [0.2, 0.25) is 0 Å². The molecule has 0 aromatic heterocycles. The fraction of sp³-hybridized carbons (Fsp3) is 0.273. The zero-order valence-corrected chi connectivity index (χ0v) is 9.14. The Morgan fingerprint density at radius 1 is 1.12 bits per heavy atom. The molecule has 0 heterocycles. The van der Waals surface area contributed by atoms with Crippen molar-refractivity contribution >= 4 is 17.5 Å². The van der Waals surface area contributed by atoms with Gasteiger partial charge in [0.1, 0.15) is 5.75 Å². The van der Waals surface area contributed by atoms with Gasteiger partial charge in [-0.25, -0.2) is 0 Å². The van der Waals surface area contributed by atoms with Crippen LogP contribution in [0.15, 0.2) is 24.3 Å². The first-order valence-corrected chi connectivity index (χ1v) is 5.12. The highest BCUT2D eigenvalue weighted by Gasteiger charge is 2.12. The summed E-state index contributed by atoms with van der Waals surface area (Å²) < 4.78 is 0. The predicted octanol–water partition coefficient (Wildman–Crippen LogP) is -0.171. The molecule has 0 fully saturated rings. The lowest BCUT2D eigenvalue weighted by Gasteiger charge is -2.05. The molecular weight excluding hydrogens is 224 g/mol. The van der Waals surface area contributed by atoms with Crippen LogP contribution >= 0.6 is 0 Å². The van der Waals surface area contributed by atoms with E-state index in [2.05, 4.69) is 10.6 Å². The van der Waals surface area contributed by atoms with Crippen molar-refractivity contribution in [2.75, 3.05) is 18.5 Å². The lowest BCUT2D eigenvalue weighted by molar-refractivity contribution is -0.136. The van der Waals surface area contributed by atoms with Gasteiger partial charge in [-0.15, -0.1) is 0 Å². The monoisotopic (exact) mass is 238 g/mol. The Balaban J connectivity index is 2.43. The lowest BCUT2D eigenvalue weighted by Crippen LogP contribution is -2.36. The first kappa shape index (κ1) is 13.0. The maximum Gasteiger partial charge on any atom is 0.313 e. The minimum Gasteiger partial charge on any atom is -0.508 e. The topological polar surface area (TPSA) is 98.7 Å². The number of rotatable bonds is 4. The van der Waals surface area contributed by atoms with Gasteiger partial charge in [-0.2, -0.15) is 0 Å². The minimum atomic E-state index is -0.784. The van der Waals surface area contributed by atoms with Crippen LogP contribution in [0, 0.1) is 0 Å². The molecule has 0 aliphatic carbocycles. The zero-order chi connectivity index (χ0) is 12.7. The van der Waals surface area contributed by atoms with Crippen LogP contribution in [0.4, 0.5) is 5.69 Å². The summed E-state index contributed by atoms with van der Waals surface area (Å²) in [6, 6.07) is 5.76. The molecule has 1 aromatic carbocycles. The summed E-state index contributed by atoms with van der Waals surface area (Å²) in [6.45, 7) is 0.207. The molecule has 92 valence electrons. The van der Waals surface area contributed by atoms with E-state index in [1.165, 1.54) is 24.3 Å². The van der Waals surface area contributed by atoms with Gasteiger partial charge in [0.25, 0.3) is 0 Å². The van der Waals surface area contributed by atoms with E-state index in [0.717, 1.165) is 0 Å². The van der Waals surface area contributed by atoms with Crippen molar-refractivity contribution in [2.45, 2.75) is 6.42 Å². The molecule has 4 N–H and O–H groups in total. The Bertz CT molecular complexity index is 389. The normalized spacial score (nSPS) is 9.71. The molecule has 0 atom stereocenters. The third-order valence-corrected chi connectivity index (χ3v) is 1.95. The molecule has 1 rings (SSSR count). The molecule has 0 bridgehead atoms. The first-order chi connectivity index (χ1) is 8.13. The molecule has 0 spiro atoms. The SMILES string of the molecule is O=C(NCCCO)C(=O)Nc1ccc(O)cc1.